The minimum Gasteiger partial charge on any atom is -0.381 e. The van der Waals surface area contributed by atoms with Gasteiger partial charge in [-0.05, 0) is 36.0 Å². The molecule has 0 amide bonds. The van der Waals surface area contributed by atoms with Gasteiger partial charge in [0.2, 0.25) is 0 Å². The van der Waals surface area contributed by atoms with Crippen LogP contribution in [-0.4, -0.2) is 17.6 Å². The SMILES string of the molecule is C1CCOC1.CCCCC1C=CC=C1.CCCCI. The molecular weight excluding hydrogens is 347 g/mol. The van der Waals surface area contributed by atoms with E-state index in [-0.39, 0.29) is 0 Å². The number of halogens is 1. The normalized spacial score (nSPS) is 16.8. The van der Waals surface area contributed by atoms with Crippen LogP contribution in [0.5, 0.6) is 0 Å². The van der Waals surface area contributed by atoms with E-state index < -0.39 is 0 Å². The Labute approximate surface area is 134 Å². The Balaban J connectivity index is 0.000000278. The third-order valence-corrected chi connectivity index (χ3v) is 3.80. The summed E-state index contributed by atoms with van der Waals surface area (Å²) in [5.74, 6) is 0.755. The molecule has 1 aliphatic carbocycles. The first-order chi connectivity index (χ1) is 9.35. The summed E-state index contributed by atoms with van der Waals surface area (Å²) in [7, 11) is 0. The molecule has 0 unspecified atom stereocenters. The van der Waals surface area contributed by atoms with Gasteiger partial charge in [0.15, 0.2) is 0 Å². The van der Waals surface area contributed by atoms with E-state index in [0.29, 0.717) is 0 Å². The highest BCUT2D eigenvalue weighted by Gasteiger charge is 2.00. The van der Waals surface area contributed by atoms with E-state index in [1.54, 1.807) is 0 Å². The first kappa shape index (κ1) is 19.2. The highest BCUT2D eigenvalue weighted by molar-refractivity contribution is 14.1. The lowest BCUT2D eigenvalue weighted by molar-refractivity contribution is 0.198. The van der Waals surface area contributed by atoms with Gasteiger partial charge in [-0.1, -0.05) is 80.0 Å². The van der Waals surface area contributed by atoms with Crippen molar-refractivity contribution in [2.75, 3.05) is 17.6 Å². The Bertz CT molecular complexity index is 198. The molecule has 0 atom stereocenters. The third-order valence-electron chi connectivity index (χ3n) is 3.03. The van der Waals surface area contributed by atoms with Gasteiger partial charge in [-0.25, -0.2) is 0 Å². The molecule has 19 heavy (non-hydrogen) atoms. The Morgan fingerprint density at radius 2 is 1.58 bits per heavy atom. The largest absolute Gasteiger partial charge is 0.381 e. The molecule has 0 aromatic carbocycles. The molecule has 1 saturated heterocycles. The molecule has 1 aliphatic heterocycles. The molecule has 2 heteroatoms. The maximum atomic E-state index is 4.94. The van der Waals surface area contributed by atoms with Crippen LogP contribution in [0.4, 0.5) is 0 Å². The summed E-state index contributed by atoms with van der Waals surface area (Å²) in [5, 5.41) is 0. The minimum atomic E-state index is 0.755. The standard InChI is InChI=1S/C9H14.C4H9I.C4H8O/c1-2-3-6-9-7-4-5-8-9;1-2-3-4-5;1-2-4-5-3-1/h4-5,7-9H,2-3,6H2,1H3;2-4H2,1H3;1-4H2. The first-order valence-electron chi connectivity index (χ1n) is 7.83. The topological polar surface area (TPSA) is 9.23 Å². The smallest absolute Gasteiger partial charge is 0.0466 e. The van der Waals surface area contributed by atoms with Crippen LogP contribution in [0.15, 0.2) is 24.3 Å². The van der Waals surface area contributed by atoms with Crippen LogP contribution >= 0.6 is 22.6 Å². The Morgan fingerprint density at radius 1 is 1.00 bits per heavy atom. The number of hydrogen-bond donors (Lipinski definition) is 0. The summed E-state index contributed by atoms with van der Waals surface area (Å²) in [6.45, 7) is 6.45. The summed E-state index contributed by atoms with van der Waals surface area (Å²) in [5.41, 5.74) is 0. The fourth-order valence-electron chi connectivity index (χ4n) is 1.75. The van der Waals surface area contributed by atoms with E-state index in [1.165, 1.54) is 49.4 Å². The molecule has 0 radical (unpaired) electrons. The van der Waals surface area contributed by atoms with Gasteiger partial charge in [-0.3, -0.25) is 0 Å². The molecule has 0 aromatic heterocycles. The molecule has 0 spiro atoms. The number of hydrogen-bond acceptors (Lipinski definition) is 1. The second kappa shape index (κ2) is 16.2. The van der Waals surface area contributed by atoms with Crippen molar-refractivity contribution in [3.8, 4) is 0 Å². The first-order valence-corrected chi connectivity index (χ1v) is 9.36. The predicted octanol–water partition coefficient (Wildman–Crippen LogP) is 5.94. The lowest BCUT2D eigenvalue weighted by Crippen LogP contribution is -1.86. The molecule has 0 aromatic rings. The Morgan fingerprint density at radius 3 is 1.89 bits per heavy atom. The monoisotopic (exact) mass is 378 g/mol. The quantitative estimate of drug-likeness (QED) is 0.425. The van der Waals surface area contributed by atoms with Crippen molar-refractivity contribution >= 4 is 22.6 Å². The summed E-state index contributed by atoms with van der Waals surface area (Å²) >= 11 is 2.39. The van der Waals surface area contributed by atoms with E-state index in [4.69, 9.17) is 4.74 Å². The molecule has 112 valence electrons. The van der Waals surface area contributed by atoms with Gasteiger partial charge >= 0.3 is 0 Å². The zero-order chi connectivity index (χ0) is 14.2. The van der Waals surface area contributed by atoms with Gasteiger partial charge in [-0.15, -0.1) is 0 Å². The minimum absolute atomic E-state index is 0.755. The average molecular weight is 378 g/mol. The summed E-state index contributed by atoms with van der Waals surface area (Å²) in [4.78, 5) is 0. The van der Waals surface area contributed by atoms with Crippen LogP contribution in [0, 0.1) is 5.92 Å². The van der Waals surface area contributed by atoms with E-state index >= 15 is 0 Å². The van der Waals surface area contributed by atoms with Crippen molar-refractivity contribution < 1.29 is 4.74 Å². The maximum absolute atomic E-state index is 4.94. The predicted molar refractivity (Wildman–Crippen MR) is 95.1 cm³/mol. The van der Waals surface area contributed by atoms with Crippen LogP contribution in [0.1, 0.15) is 58.8 Å². The van der Waals surface area contributed by atoms with Gasteiger partial charge < -0.3 is 4.74 Å². The van der Waals surface area contributed by atoms with Gasteiger partial charge in [0.25, 0.3) is 0 Å². The molecule has 0 bridgehead atoms. The molecule has 1 heterocycles. The Kier molecular flexibility index (Phi) is 16.4. The molecule has 2 aliphatic rings. The Hall–Kier alpha value is 0.170. The van der Waals surface area contributed by atoms with Crippen LogP contribution < -0.4 is 0 Å². The average Bonchev–Trinajstić information content (AvgIpc) is 3.14. The number of ether oxygens (including phenoxy) is 1. The van der Waals surface area contributed by atoms with Crippen LogP contribution in [-0.2, 0) is 4.74 Å². The van der Waals surface area contributed by atoms with Crippen LogP contribution in [0.2, 0.25) is 0 Å². The summed E-state index contributed by atoms with van der Waals surface area (Å²) in [6.07, 6.45) is 18.1. The van der Waals surface area contributed by atoms with Gasteiger partial charge in [0.05, 0.1) is 0 Å². The molecule has 1 fully saturated rings. The van der Waals surface area contributed by atoms with Crippen molar-refractivity contribution in [3.05, 3.63) is 24.3 Å². The van der Waals surface area contributed by atoms with Crippen molar-refractivity contribution in [3.63, 3.8) is 0 Å². The van der Waals surface area contributed by atoms with E-state index in [0.717, 1.165) is 19.1 Å². The van der Waals surface area contributed by atoms with Gasteiger partial charge in [-0.2, -0.15) is 0 Å². The molecule has 0 saturated carbocycles. The van der Waals surface area contributed by atoms with Crippen molar-refractivity contribution in [1.82, 2.24) is 0 Å². The fourth-order valence-corrected chi connectivity index (χ4v) is 2.52. The molecular formula is C17H31IO. The highest BCUT2D eigenvalue weighted by Crippen LogP contribution is 2.15. The highest BCUT2D eigenvalue weighted by atomic mass is 127. The van der Waals surface area contributed by atoms with Gasteiger partial charge in [0.1, 0.15) is 0 Å². The molecule has 2 rings (SSSR count). The van der Waals surface area contributed by atoms with Crippen molar-refractivity contribution in [1.29, 1.82) is 0 Å². The number of unbranched alkanes of at least 4 members (excludes halogenated alkanes) is 2. The van der Waals surface area contributed by atoms with Gasteiger partial charge in [0, 0.05) is 13.2 Å². The molecule has 1 nitrogen and oxygen atoms in total. The zero-order valence-electron chi connectivity index (χ0n) is 12.7. The van der Waals surface area contributed by atoms with E-state index in [2.05, 4.69) is 60.7 Å². The fraction of sp³-hybridized carbons (Fsp3) is 0.765. The lowest BCUT2D eigenvalue weighted by Gasteiger charge is -2.00. The van der Waals surface area contributed by atoms with E-state index in [9.17, 15) is 0 Å². The second-order valence-electron chi connectivity index (χ2n) is 4.94. The second-order valence-corrected chi connectivity index (χ2v) is 6.02. The van der Waals surface area contributed by atoms with Crippen molar-refractivity contribution in [2.24, 2.45) is 5.92 Å². The number of allylic oxidation sites excluding steroid dienone is 4. The number of rotatable bonds is 5. The summed E-state index contributed by atoms with van der Waals surface area (Å²) < 4.78 is 6.26. The zero-order valence-corrected chi connectivity index (χ0v) is 14.9. The molecule has 0 N–H and O–H groups in total. The summed E-state index contributed by atoms with van der Waals surface area (Å²) in [6, 6.07) is 0. The lowest BCUT2D eigenvalue weighted by atomic mass is 10.0. The maximum Gasteiger partial charge on any atom is 0.0466 e. The third kappa shape index (κ3) is 14.4. The van der Waals surface area contributed by atoms with Crippen LogP contribution in [0.3, 0.4) is 0 Å². The number of alkyl halides is 1. The van der Waals surface area contributed by atoms with Crippen LogP contribution in [0.25, 0.3) is 0 Å². The van der Waals surface area contributed by atoms with E-state index in [1.807, 2.05) is 0 Å². The van der Waals surface area contributed by atoms with Crippen molar-refractivity contribution in [2.45, 2.75) is 58.8 Å².